The Kier molecular flexibility index (Phi) is 7.81. The summed E-state index contributed by atoms with van der Waals surface area (Å²) in [5.74, 6) is 1.25. The van der Waals surface area contributed by atoms with E-state index in [1.807, 2.05) is 42.7 Å². The van der Waals surface area contributed by atoms with Gasteiger partial charge in [-0.3, -0.25) is 4.79 Å². The highest BCUT2D eigenvalue weighted by molar-refractivity contribution is 5.94. The van der Waals surface area contributed by atoms with E-state index in [1.165, 1.54) is 0 Å². The predicted molar refractivity (Wildman–Crippen MR) is 126 cm³/mol. The fourth-order valence-corrected chi connectivity index (χ4v) is 4.70. The number of anilines is 1. The minimum atomic E-state index is -2.86. The fourth-order valence-electron chi connectivity index (χ4n) is 4.70. The van der Waals surface area contributed by atoms with Gasteiger partial charge in [0.25, 0.3) is 5.91 Å². The van der Waals surface area contributed by atoms with Crippen LogP contribution in [0, 0.1) is 6.92 Å². The molecule has 0 bridgehead atoms. The van der Waals surface area contributed by atoms with Crippen LogP contribution < -0.4 is 9.64 Å². The van der Waals surface area contributed by atoms with Crippen molar-refractivity contribution in [3.8, 4) is 5.75 Å². The Morgan fingerprint density at radius 2 is 1.94 bits per heavy atom. The average molecular weight is 491 g/mol. The summed E-state index contributed by atoms with van der Waals surface area (Å²) in [5.41, 5.74) is 0.922. The van der Waals surface area contributed by atoms with Gasteiger partial charge in [-0.15, -0.1) is 0 Å². The highest BCUT2D eigenvalue weighted by atomic mass is 19.3. The Morgan fingerprint density at radius 3 is 2.57 bits per heavy atom. The molecule has 2 aliphatic rings. The summed E-state index contributed by atoms with van der Waals surface area (Å²) >= 11 is 0. The number of amides is 1. The fraction of sp³-hybridized carbons (Fsp3) is 0.560. The number of halogens is 2. The van der Waals surface area contributed by atoms with Gasteiger partial charge in [0.05, 0.1) is 31.0 Å². The summed E-state index contributed by atoms with van der Waals surface area (Å²) < 4.78 is 42.0. The smallest absolute Gasteiger partial charge is 0.345 e. The van der Waals surface area contributed by atoms with Crippen molar-refractivity contribution in [3.05, 3.63) is 47.8 Å². The van der Waals surface area contributed by atoms with Gasteiger partial charge in [-0.2, -0.15) is 8.78 Å². The summed E-state index contributed by atoms with van der Waals surface area (Å²) in [6, 6.07) is 7.21. The van der Waals surface area contributed by atoms with Gasteiger partial charge in [-0.05, 0) is 63.4 Å². The molecule has 0 N–H and O–H groups in total. The van der Waals surface area contributed by atoms with Gasteiger partial charge in [0.2, 0.25) is 5.95 Å². The SMILES string of the molecule is Cc1cc(C(=O)N2CCC3(CC2)CN(c2ncccn2)CC(COC(F)F)O3)ccc1OC(C)C. The number of benzene rings is 1. The van der Waals surface area contributed by atoms with Crippen molar-refractivity contribution < 1.29 is 27.8 Å². The Bertz CT molecular complexity index is 1000. The van der Waals surface area contributed by atoms with E-state index in [0.29, 0.717) is 50.5 Å². The van der Waals surface area contributed by atoms with Crippen LogP contribution in [0.25, 0.3) is 0 Å². The third-order valence-corrected chi connectivity index (χ3v) is 6.31. The number of likely N-dealkylation sites (tertiary alicyclic amines) is 1. The van der Waals surface area contributed by atoms with E-state index in [9.17, 15) is 13.6 Å². The third kappa shape index (κ3) is 6.24. The van der Waals surface area contributed by atoms with Crippen molar-refractivity contribution in [1.82, 2.24) is 14.9 Å². The van der Waals surface area contributed by atoms with Gasteiger partial charge < -0.3 is 24.0 Å². The van der Waals surface area contributed by atoms with E-state index >= 15 is 0 Å². The van der Waals surface area contributed by atoms with Crippen molar-refractivity contribution in [3.63, 3.8) is 0 Å². The molecule has 10 heteroatoms. The lowest BCUT2D eigenvalue weighted by molar-refractivity contribution is -0.191. The highest BCUT2D eigenvalue weighted by Gasteiger charge is 2.44. The quantitative estimate of drug-likeness (QED) is 0.586. The molecular weight excluding hydrogens is 458 g/mol. The molecule has 3 heterocycles. The van der Waals surface area contributed by atoms with Crippen molar-refractivity contribution >= 4 is 11.9 Å². The molecule has 35 heavy (non-hydrogen) atoms. The van der Waals surface area contributed by atoms with Crippen molar-refractivity contribution in [2.75, 3.05) is 37.7 Å². The lowest BCUT2D eigenvalue weighted by Crippen LogP contribution is -2.61. The molecule has 1 aromatic carbocycles. The Hall–Kier alpha value is -2.85. The number of hydrogen-bond donors (Lipinski definition) is 0. The summed E-state index contributed by atoms with van der Waals surface area (Å²) in [6.07, 6.45) is 3.94. The highest BCUT2D eigenvalue weighted by Crippen LogP contribution is 2.34. The minimum Gasteiger partial charge on any atom is -0.491 e. The molecule has 1 unspecified atom stereocenters. The van der Waals surface area contributed by atoms with E-state index in [0.717, 1.165) is 11.3 Å². The Morgan fingerprint density at radius 1 is 1.23 bits per heavy atom. The molecule has 1 aromatic heterocycles. The third-order valence-electron chi connectivity index (χ3n) is 6.31. The summed E-state index contributed by atoms with van der Waals surface area (Å²) in [6.45, 7) is 4.62. The molecule has 0 aliphatic carbocycles. The van der Waals surface area contributed by atoms with Gasteiger partial charge in [0.15, 0.2) is 0 Å². The number of aromatic nitrogens is 2. The van der Waals surface area contributed by atoms with Crippen LogP contribution in [0.15, 0.2) is 36.7 Å². The van der Waals surface area contributed by atoms with Crippen LogP contribution in [0.4, 0.5) is 14.7 Å². The molecule has 0 saturated carbocycles. The van der Waals surface area contributed by atoms with Crippen molar-refractivity contribution in [2.45, 2.75) is 58.0 Å². The number of hydrogen-bond acceptors (Lipinski definition) is 7. The molecule has 2 saturated heterocycles. The second-order valence-corrected chi connectivity index (χ2v) is 9.39. The van der Waals surface area contributed by atoms with Crippen LogP contribution in [0.2, 0.25) is 0 Å². The lowest BCUT2D eigenvalue weighted by Gasteiger charge is -2.49. The van der Waals surface area contributed by atoms with Gasteiger partial charge in [-0.25, -0.2) is 9.97 Å². The van der Waals surface area contributed by atoms with Gasteiger partial charge in [0, 0.05) is 37.6 Å². The largest absolute Gasteiger partial charge is 0.491 e. The predicted octanol–water partition coefficient (Wildman–Crippen LogP) is 3.69. The van der Waals surface area contributed by atoms with Crippen LogP contribution in [0.1, 0.15) is 42.6 Å². The van der Waals surface area contributed by atoms with Crippen molar-refractivity contribution in [1.29, 1.82) is 0 Å². The van der Waals surface area contributed by atoms with Crippen molar-refractivity contribution in [2.24, 2.45) is 0 Å². The van der Waals surface area contributed by atoms with Crippen LogP contribution in [0.5, 0.6) is 5.75 Å². The first-order valence-corrected chi connectivity index (χ1v) is 11.9. The van der Waals surface area contributed by atoms with Gasteiger partial charge in [-0.1, -0.05) is 0 Å². The maximum absolute atomic E-state index is 13.2. The zero-order valence-electron chi connectivity index (χ0n) is 20.3. The number of rotatable bonds is 7. The number of ether oxygens (including phenoxy) is 3. The first-order valence-electron chi connectivity index (χ1n) is 11.9. The molecule has 1 atom stereocenters. The van der Waals surface area contributed by atoms with Gasteiger partial charge in [0.1, 0.15) is 5.75 Å². The number of nitrogens with zero attached hydrogens (tertiary/aromatic N) is 4. The monoisotopic (exact) mass is 490 g/mol. The number of carbonyl (C=O) groups is 1. The number of morpholine rings is 1. The maximum Gasteiger partial charge on any atom is 0.345 e. The van der Waals surface area contributed by atoms with E-state index < -0.39 is 18.3 Å². The molecule has 8 nitrogen and oxygen atoms in total. The van der Waals surface area contributed by atoms with E-state index in [-0.39, 0.29) is 18.6 Å². The molecule has 2 fully saturated rings. The molecular formula is C25H32F2N4O4. The van der Waals surface area contributed by atoms with Crippen LogP contribution in [-0.4, -0.2) is 78.0 Å². The van der Waals surface area contributed by atoms with Crippen LogP contribution >= 0.6 is 0 Å². The second kappa shape index (κ2) is 10.8. The minimum absolute atomic E-state index is 0.0457. The molecule has 2 aromatic rings. The van der Waals surface area contributed by atoms with E-state index in [1.54, 1.807) is 24.5 Å². The molecule has 190 valence electrons. The second-order valence-electron chi connectivity index (χ2n) is 9.39. The summed E-state index contributed by atoms with van der Waals surface area (Å²) in [7, 11) is 0. The van der Waals surface area contributed by atoms with Crippen LogP contribution in [-0.2, 0) is 9.47 Å². The Labute approximate surface area is 204 Å². The maximum atomic E-state index is 13.2. The molecule has 0 radical (unpaired) electrons. The normalized spacial score (nSPS) is 20.0. The van der Waals surface area contributed by atoms with E-state index in [2.05, 4.69) is 14.7 Å². The number of carbonyl (C=O) groups excluding carboxylic acids is 1. The number of aryl methyl sites for hydroxylation is 1. The van der Waals surface area contributed by atoms with E-state index in [4.69, 9.17) is 9.47 Å². The first-order chi connectivity index (χ1) is 16.7. The molecule has 4 rings (SSSR count). The Balaban J connectivity index is 1.44. The van der Waals surface area contributed by atoms with Gasteiger partial charge >= 0.3 is 6.61 Å². The average Bonchev–Trinajstić information content (AvgIpc) is 2.84. The standard InChI is InChI=1S/C25H32F2N4O4/c1-17(2)34-21-6-5-19(13-18(21)3)22(32)30-11-7-25(8-12-30)16-31(24-28-9-4-10-29-24)14-20(35-25)15-33-23(26)27/h4-6,9-10,13,17,20,23H,7-8,11-12,14-16H2,1-3H3. The molecule has 2 aliphatic heterocycles. The summed E-state index contributed by atoms with van der Waals surface area (Å²) in [4.78, 5) is 25.6. The lowest BCUT2D eigenvalue weighted by atomic mass is 9.88. The number of piperidine rings is 1. The summed E-state index contributed by atoms with van der Waals surface area (Å²) in [5, 5.41) is 0. The van der Waals surface area contributed by atoms with Crippen LogP contribution in [0.3, 0.4) is 0 Å². The molecule has 1 spiro atoms. The first kappa shape index (κ1) is 25.2. The zero-order valence-corrected chi connectivity index (χ0v) is 20.3. The molecule has 1 amide bonds. The zero-order chi connectivity index (χ0) is 25.0. The number of alkyl halides is 2. The topological polar surface area (TPSA) is 77.0 Å².